The van der Waals surface area contributed by atoms with Crippen molar-refractivity contribution in [3.8, 4) is 17.0 Å². The number of aromatic nitrogens is 3. The van der Waals surface area contributed by atoms with Crippen LogP contribution in [0.3, 0.4) is 0 Å². The molecule has 1 fully saturated rings. The van der Waals surface area contributed by atoms with Gasteiger partial charge in [0.1, 0.15) is 12.1 Å². The lowest BCUT2D eigenvalue weighted by atomic mass is 9.98. The summed E-state index contributed by atoms with van der Waals surface area (Å²) in [5.74, 6) is 0.416. The molecule has 0 radical (unpaired) electrons. The molecule has 1 aliphatic carbocycles. The number of hydrogen-bond donors (Lipinski definition) is 2. The van der Waals surface area contributed by atoms with Crippen molar-refractivity contribution in [2.45, 2.75) is 36.4 Å². The molecular weight excluding hydrogens is 446 g/mol. The molecule has 1 aromatic carbocycles. The van der Waals surface area contributed by atoms with Gasteiger partial charge in [0, 0.05) is 24.0 Å². The lowest BCUT2D eigenvalue weighted by Gasteiger charge is -2.20. The Kier molecular flexibility index (Phi) is 4.63. The van der Waals surface area contributed by atoms with E-state index in [1.807, 2.05) is 18.2 Å². The van der Waals surface area contributed by atoms with Gasteiger partial charge in [0.05, 0.1) is 18.9 Å². The quantitative estimate of drug-likeness (QED) is 0.520. The number of urea groups is 1. The average molecular weight is 468 g/mol. The molecule has 2 aromatic heterocycles. The monoisotopic (exact) mass is 467 g/mol. The highest BCUT2D eigenvalue weighted by molar-refractivity contribution is 7.90. The number of anilines is 1. The maximum atomic E-state index is 12.8. The number of amides is 2. The molecule has 0 spiro atoms. The molecule has 11 heteroatoms. The first-order chi connectivity index (χ1) is 16.0. The van der Waals surface area contributed by atoms with Crippen LogP contribution in [0.25, 0.3) is 11.1 Å². The second-order valence-electron chi connectivity index (χ2n) is 8.32. The molecule has 2 N–H and O–H groups in total. The maximum Gasteiger partial charge on any atom is 0.333 e. The Morgan fingerprint density at radius 3 is 2.94 bits per heavy atom. The van der Waals surface area contributed by atoms with Crippen LogP contribution in [0.1, 0.15) is 23.6 Å². The summed E-state index contributed by atoms with van der Waals surface area (Å²) in [6.07, 6.45) is 5.47. The fourth-order valence-electron chi connectivity index (χ4n) is 4.69. The van der Waals surface area contributed by atoms with Gasteiger partial charge in [-0.2, -0.15) is 13.5 Å². The molecule has 4 bridgehead atoms. The Bertz CT molecular complexity index is 1370. The van der Waals surface area contributed by atoms with Crippen molar-refractivity contribution in [2.75, 3.05) is 18.5 Å². The number of ether oxygens (including phenoxy) is 2. The van der Waals surface area contributed by atoms with Gasteiger partial charge in [0.15, 0.2) is 5.03 Å². The topological polar surface area (TPSA) is 124 Å². The first-order valence-corrected chi connectivity index (χ1v) is 12.2. The predicted molar refractivity (Wildman–Crippen MR) is 118 cm³/mol. The number of aryl methyl sites for hydroxylation is 1. The van der Waals surface area contributed by atoms with Crippen molar-refractivity contribution >= 4 is 21.7 Å². The van der Waals surface area contributed by atoms with E-state index >= 15 is 0 Å². The Labute approximate surface area is 190 Å². The van der Waals surface area contributed by atoms with Crippen molar-refractivity contribution < 1.29 is 22.7 Å². The van der Waals surface area contributed by atoms with Gasteiger partial charge in [0.2, 0.25) is 5.88 Å². The van der Waals surface area contributed by atoms with Gasteiger partial charge < -0.3 is 14.8 Å². The molecule has 170 valence electrons. The number of carbonyl (C=O) groups is 1. The number of hydrogen-bond acceptors (Lipinski definition) is 7. The zero-order valence-corrected chi connectivity index (χ0v) is 18.3. The second kappa shape index (κ2) is 7.56. The van der Waals surface area contributed by atoms with Crippen molar-refractivity contribution in [3.63, 3.8) is 0 Å². The van der Waals surface area contributed by atoms with Gasteiger partial charge in [-0.25, -0.2) is 14.5 Å². The minimum Gasteiger partial charge on any atom is -0.469 e. The van der Waals surface area contributed by atoms with Crippen LogP contribution in [-0.2, 0) is 27.6 Å². The summed E-state index contributed by atoms with van der Waals surface area (Å²) < 4.78 is 41.0. The summed E-state index contributed by atoms with van der Waals surface area (Å²) in [5, 5.41) is 6.73. The number of sulfonamides is 1. The predicted octanol–water partition coefficient (Wildman–Crippen LogP) is 2.28. The third-order valence-corrected chi connectivity index (χ3v) is 7.49. The summed E-state index contributed by atoms with van der Waals surface area (Å²) in [7, 11) is -4.18. The highest BCUT2D eigenvalue weighted by Gasteiger charge is 2.34. The average Bonchev–Trinajstić information content (AvgIpc) is 3.53. The third-order valence-electron chi connectivity index (χ3n) is 6.27. The van der Waals surface area contributed by atoms with E-state index in [9.17, 15) is 13.2 Å². The molecule has 33 heavy (non-hydrogen) atoms. The van der Waals surface area contributed by atoms with E-state index in [4.69, 9.17) is 9.47 Å². The minimum absolute atomic E-state index is 0.254. The van der Waals surface area contributed by atoms with E-state index in [-0.39, 0.29) is 11.1 Å². The molecular formula is C22H21N5O5S. The normalized spacial score (nSPS) is 23.1. The number of pyridine rings is 1. The van der Waals surface area contributed by atoms with Crippen molar-refractivity contribution in [1.82, 2.24) is 19.5 Å². The van der Waals surface area contributed by atoms with E-state index in [0.717, 1.165) is 41.5 Å². The summed E-state index contributed by atoms with van der Waals surface area (Å²) in [6, 6.07) is 7.82. The van der Waals surface area contributed by atoms with E-state index < -0.39 is 22.2 Å². The van der Waals surface area contributed by atoms with Crippen LogP contribution in [0.2, 0.25) is 0 Å². The smallest absolute Gasteiger partial charge is 0.333 e. The van der Waals surface area contributed by atoms with Crippen LogP contribution < -0.4 is 14.8 Å². The van der Waals surface area contributed by atoms with Crippen LogP contribution in [0, 0.1) is 0 Å². The van der Waals surface area contributed by atoms with E-state index in [2.05, 4.69) is 26.2 Å². The molecule has 3 aromatic rings. The first kappa shape index (κ1) is 20.2. The second-order valence-corrected chi connectivity index (χ2v) is 9.95. The lowest BCUT2D eigenvalue weighted by Crippen LogP contribution is -2.35. The summed E-state index contributed by atoms with van der Waals surface area (Å²) in [4.78, 5) is 17.2. The van der Waals surface area contributed by atoms with Crippen LogP contribution in [0.15, 0.2) is 47.8 Å². The molecule has 2 aliphatic heterocycles. The zero-order chi connectivity index (χ0) is 22.6. The number of fused-ring (bicyclic) bond motifs is 10. The standard InChI is InChI=1S/C22H21N5O5S/c28-22-24-21-15-3-1-2-13(15)4-5-16(21)14-6-8-23-19(10-14)32-18-12-31-11-17(18)27-9-7-20(25-27)33(29,30)26-22/h4-10,17-18H,1-3,11-12H2,(H2,24,26,28)/t17-,18-/m1/s1. The molecule has 2 amide bonds. The first-order valence-electron chi connectivity index (χ1n) is 10.7. The minimum atomic E-state index is -4.18. The fourth-order valence-corrected chi connectivity index (χ4v) is 5.53. The summed E-state index contributed by atoms with van der Waals surface area (Å²) in [5.41, 5.74) is 4.32. The number of nitrogens with zero attached hydrogens (tertiary/aromatic N) is 3. The SMILES string of the molecule is O=C1Nc2c(ccc3c2CCC3)-c2ccnc(c2)O[C@@H]2COC[C@H]2n2ccc(n2)S(=O)(=O)N1. The number of rotatable bonds is 0. The Hall–Kier alpha value is -3.44. The van der Waals surface area contributed by atoms with Gasteiger partial charge in [-0.15, -0.1) is 0 Å². The van der Waals surface area contributed by atoms with Gasteiger partial charge in [-0.1, -0.05) is 12.1 Å². The zero-order valence-electron chi connectivity index (χ0n) is 17.5. The Morgan fingerprint density at radius 2 is 2.03 bits per heavy atom. The lowest BCUT2D eigenvalue weighted by molar-refractivity contribution is 0.132. The molecule has 0 saturated carbocycles. The number of benzene rings is 1. The van der Waals surface area contributed by atoms with Crippen LogP contribution in [0.5, 0.6) is 5.88 Å². The van der Waals surface area contributed by atoms with E-state index in [1.54, 1.807) is 12.4 Å². The summed E-state index contributed by atoms with van der Waals surface area (Å²) in [6.45, 7) is 0.634. The van der Waals surface area contributed by atoms with Crippen molar-refractivity contribution in [3.05, 3.63) is 53.9 Å². The molecule has 6 rings (SSSR count). The van der Waals surface area contributed by atoms with Crippen molar-refractivity contribution in [1.29, 1.82) is 0 Å². The molecule has 3 aliphatic rings. The van der Waals surface area contributed by atoms with Crippen LogP contribution in [-0.4, -0.2) is 48.5 Å². The fraction of sp³-hybridized carbons (Fsp3) is 0.318. The number of nitrogens with one attached hydrogen (secondary N) is 2. The highest BCUT2D eigenvalue weighted by atomic mass is 32.2. The molecule has 10 nitrogen and oxygen atoms in total. The van der Waals surface area contributed by atoms with Gasteiger partial charge in [-0.3, -0.25) is 4.68 Å². The number of carbonyl (C=O) groups excluding carboxylic acids is 1. The van der Waals surface area contributed by atoms with E-state index in [0.29, 0.717) is 24.8 Å². The van der Waals surface area contributed by atoms with Gasteiger partial charge in [-0.05, 0) is 48.1 Å². The Morgan fingerprint density at radius 1 is 1.12 bits per heavy atom. The van der Waals surface area contributed by atoms with Crippen LogP contribution >= 0.6 is 0 Å². The molecule has 0 unspecified atom stereocenters. The maximum absolute atomic E-state index is 12.8. The molecule has 4 heterocycles. The Balaban J connectivity index is 1.51. The highest BCUT2D eigenvalue weighted by Crippen LogP contribution is 2.38. The molecule has 1 saturated heterocycles. The van der Waals surface area contributed by atoms with E-state index in [1.165, 1.54) is 10.7 Å². The largest absolute Gasteiger partial charge is 0.469 e. The van der Waals surface area contributed by atoms with Gasteiger partial charge >= 0.3 is 6.03 Å². The van der Waals surface area contributed by atoms with Gasteiger partial charge in [0.25, 0.3) is 10.0 Å². The van der Waals surface area contributed by atoms with Crippen LogP contribution in [0.4, 0.5) is 10.5 Å². The third kappa shape index (κ3) is 3.53. The molecule has 2 atom stereocenters. The van der Waals surface area contributed by atoms with Crippen molar-refractivity contribution in [2.24, 2.45) is 0 Å². The summed E-state index contributed by atoms with van der Waals surface area (Å²) >= 11 is 0.